The van der Waals surface area contributed by atoms with Crippen LogP contribution >= 0.6 is 0 Å². The highest BCUT2D eigenvalue weighted by atomic mass is 19.4. The summed E-state index contributed by atoms with van der Waals surface area (Å²) in [5.41, 5.74) is 0.518. The summed E-state index contributed by atoms with van der Waals surface area (Å²) < 4.78 is 42.0. The van der Waals surface area contributed by atoms with Crippen molar-refractivity contribution in [3.8, 4) is 11.8 Å². The molecule has 1 saturated heterocycles. The minimum atomic E-state index is -4.57. The van der Waals surface area contributed by atoms with Gasteiger partial charge in [0.2, 0.25) is 5.91 Å². The van der Waals surface area contributed by atoms with E-state index in [9.17, 15) is 22.8 Å². The van der Waals surface area contributed by atoms with Crippen molar-refractivity contribution >= 4 is 23.5 Å². The summed E-state index contributed by atoms with van der Waals surface area (Å²) in [5.74, 6) is 6.09. The number of nitrogens with one attached hydrogen (secondary N) is 3. The summed E-state index contributed by atoms with van der Waals surface area (Å²) in [6.07, 6.45) is 4.30. The zero-order chi connectivity index (χ0) is 29.5. The number of hydrogen-bond acceptors (Lipinski definition) is 5. The highest BCUT2D eigenvalue weighted by Gasteiger charge is 2.34. The molecule has 0 radical (unpaired) electrons. The molecule has 1 aliphatic heterocycles. The maximum Gasteiger partial charge on any atom is 0.416 e. The van der Waals surface area contributed by atoms with Gasteiger partial charge in [0, 0.05) is 35.0 Å². The standard InChI is InChI=1S/C32H32F3N5O2/c33-32(34,35)27-19-26(10-9-25(27)17-21-3-1-2-14-36-15-12-21)31(42)40-29-18-22(13-16-37-29)4-5-23-6-11-28(38-20-23)39-30(41)24-7-8-24/h6,9-11,13,16,18-21,24,36H,1-3,7-8,12,14-15,17H2,(H,37,40,42)(H,38,39,41). The first-order chi connectivity index (χ1) is 20.2. The van der Waals surface area contributed by atoms with Crippen molar-refractivity contribution in [1.29, 1.82) is 0 Å². The minimum absolute atomic E-state index is 0.0267. The summed E-state index contributed by atoms with van der Waals surface area (Å²) in [6.45, 7) is 1.74. The molecule has 3 N–H and O–H groups in total. The Kier molecular flexibility index (Phi) is 9.18. The average Bonchev–Trinajstić information content (AvgIpc) is 3.80. The van der Waals surface area contributed by atoms with E-state index in [4.69, 9.17) is 0 Å². The van der Waals surface area contributed by atoms with Crippen LogP contribution in [-0.2, 0) is 17.4 Å². The first-order valence-corrected chi connectivity index (χ1v) is 14.2. The molecule has 3 aromatic rings. The van der Waals surface area contributed by atoms with Crippen LogP contribution in [0.25, 0.3) is 0 Å². The van der Waals surface area contributed by atoms with Crippen LogP contribution < -0.4 is 16.0 Å². The quantitative estimate of drug-likeness (QED) is 0.322. The third kappa shape index (κ3) is 8.17. The number of halogens is 3. The molecule has 2 aromatic heterocycles. The fourth-order valence-electron chi connectivity index (χ4n) is 4.96. The predicted molar refractivity (Wildman–Crippen MR) is 154 cm³/mol. The number of anilines is 2. The van der Waals surface area contributed by atoms with Crippen molar-refractivity contribution in [1.82, 2.24) is 15.3 Å². The number of nitrogens with zero attached hydrogens (tertiary/aromatic N) is 2. The molecular formula is C32H32F3N5O2. The fourth-order valence-corrected chi connectivity index (χ4v) is 4.96. The van der Waals surface area contributed by atoms with E-state index >= 15 is 0 Å². The molecule has 1 atom stereocenters. The van der Waals surface area contributed by atoms with Crippen LogP contribution in [0.4, 0.5) is 24.8 Å². The van der Waals surface area contributed by atoms with E-state index in [1.807, 2.05) is 0 Å². The molecule has 1 unspecified atom stereocenters. The molecule has 7 nitrogen and oxygen atoms in total. The summed E-state index contributed by atoms with van der Waals surface area (Å²) >= 11 is 0. The van der Waals surface area contributed by atoms with Crippen LogP contribution in [0.3, 0.4) is 0 Å². The highest BCUT2D eigenvalue weighted by Crippen LogP contribution is 2.35. The second-order valence-electron chi connectivity index (χ2n) is 10.8. The van der Waals surface area contributed by atoms with Gasteiger partial charge in [-0.05, 0) is 93.1 Å². The van der Waals surface area contributed by atoms with Gasteiger partial charge in [0.05, 0.1) is 5.56 Å². The molecule has 10 heteroatoms. The smallest absolute Gasteiger partial charge is 0.317 e. The Labute approximate surface area is 242 Å². The lowest BCUT2D eigenvalue weighted by molar-refractivity contribution is -0.138. The molecule has 5 rings (SSSR count). The Bertz CT molecular complexity index is 1480. The van der Waals surface area contributed by atoms with Crippen LogP contribution in [0.15, 0.2) is 54.9 Å². The minimum Gasteiger partial charge on any atom is -0.317 e. The summed E-state index contributed by atoms with van der Waals surface area (Å²) in [7, 11) is 0. The van der Waals surface area contributed by atoms with Crippen molar-refractivity contribution in [2.75, 3.05) is 23.7 Å². The largest absolute Gasteiger partial charge is 0.416 e. The monoisotopic (exact) mass is 575 g/mol. The van der Waals surface area contributed by atoms with Gasteiger partial charge in [-0.3, -0.25) is 9.59 Å². The number of carbonyl (C=O) groups excluding carboxylic acids is 2. The molecule has 2 aliphatic rings. The number of pyridine rings is 2. The Balaban J connectivity index is 1.25. The summed E-state index contributed by atoms with van der Waals surface area (Å²) in [4.78, 5) is 33.1. The first-order valence-electron chi connectivity index (χ1n) is 14.2. The number of benzene rings is 1. The molecule has 42 heavy (non-hydrogen) atoms. The number of carbonyl (C=O) groups is 2. The Morgan fingerprint density at radius 1 is 0.881 bits per heavy atom. The van der Waals surface area contributed by atoms with Crippen LogP contribution in [0.1, 0.15) is 71.1 Å². The van der Waals surface area contributed by atoms with Crippen LogP contribution in [0.2, 0.25) is 0 Å². The van der Waals surface area contributed by atoms with E-state index in [0.29, 0.717) is 23.4 Å². The van der Waals surface area contributed by atoms with Gasteiger partial charge in [-0.15, -0.1) is 0 Å². The lowest BCUT2D eigenvalue weighted by Gasteiger charge is -2.22. The third-order valence-electron chi connectivity index (χ3n) is 7.45. The molecular weight excluding hydrogens is 543 g/mol. The third-order valence-corrected chi connectivity index (χ3v) is 7.45. The average molecular weight is 576 g/mol. The van der Waals surface area contributed by atoms with E-state index in [-0.39, 0.29) is 34.7 Å². The number of alkyl halides is 3. The lowest BCUT2D eigenvalue weighted by Crippen LogP contribution is -2.24. The van der Waals surface area contributed by atoms with Crippen molar-refractivity contribution in [2.24, 2.45) is 11.8 Å². The van der Waals surface area contributed by atoms with Gasteiger partial charge in [0.1, 0.15) is 11.6 Å². The number of amides is 2. The molecule has 3 heterocycles. The Morgan fingerprint density at radius 3 is 2.48 bits per heavy atom. The van der Waals surface area contributed by atoms with Crippen molar-refractivity contribution < 1.29 is 22.8 Å². The van der Waals surface area contributed by atoms with E-state index in [0.717, 1.165) is 57.7 Å². The number of hydrogen-bond donors (Lipinski definition) is 3. The van der Waals surface area contributed by atoms with Gasteiger partial charge in [-0.2, -0.15) is 13.2 Å². The Morgan fingerprint density at radius 2 is 1.71 bits per heavy atom. The van der Waals surface area contributed by atoms with E-state index in [1.165, 1.54) is 18.3 Å². The zero-order valence-electron chi connectivity index (χ0n) is 23.1. The molecule has 1 saturated carbocycles. The van der Waals surface area contributed by atoms with Crippen molar-refractivity contribution in [2.45, 2.75) is 51.1 Å². The fraction of sp³-hybridized carbons (Fsp3) is 0.375. The van der Waals surface area contributed by atoms with E-state index in [1.54, 1.807) is 30.5 Å². The summed E-state index contributed by atoms with van der Waals surface area (Å²) in [5, 5.41) is 8.68. The van der Waals surface area contributed by atoms with Gasteiger partial charge in [-0.1, -0.05) is 30.7 Å². The van der Waals surface area contributed by atoms with E-state index in [2.05, 4.69) is 37.8 Å². The molecule has 2 amide bonds. The zero-order valence-corrected chi connectivity index (χ0v) is 23.1. The maximum absolute atomic E-state index is 14.0. The topological polar surface area (TPSA) is 96.0 Å². The Hall–Kier alpha value is -4.23. The first kappa shape index (κ1) is 29.3. The van der Waals surface area contributed by atoms with Gasteiger partial charge >= 0.3 is 6.18 Å². The normalized spacial score (nSPS) is 17.3. The van der Waals surface area contributed by atoms with Crippen molar-refractivity contribution in [3.05, 3.63) is 82.7 Å². The van der Waals surface area contributed by atoms with Crippen LogP contribution in [0, 0.1) is 23.7 Å². The molecule has 1 aromatic carbocycles. The molecule has 1 aliphatic carbocycles. The second kappa shape index (κ2) is 13.2. The maximum atomic E-state index is 14.0. The number of rotatable bonds is 6. The van der Waals surface area contributed by atoms with Gasteiger partial charge in [-0.25, -0.2) is 9.97 Å². The molecule has 0 bridgehead atoms. The van der Waals surface area contributed by atoms with E-state index < -0.39 is 17.6 Å². The molecule has 2 fully saturated rings. The predicted octanol–water partition coefficient (Wildman–Crippen LogP) is 5.82. The van der Waals surface area contributed by atoms with Crippen LogP contribution in [0.5, 0.6) is 0 Å². The van der Waals surface area contributed by atoms with Crippen molar-refractivity contribution in [3.63, 3.8) is 0 Å². The molecule has 0 spiro atoms. The summed E-state index contributed by atoms with van der Waals surface area (Å²) in [6, 6.07) is 10.4. The lowest BCUT2D eigenvalue weighted by atomic mass is 9.87. The van der Waals surface area contributed by atoms with Gasteiger partial charge in [0.15, 0.2) is 0 Å². The van der Waals surface area contributed by atoms with Gasteiger partial charge < -0.3 is 16.0 Å². The number of aromatic nitrogens is 2. The highest BCUT2D eigenvalue weighted by molar-refractivity contribution is 6.04. The molecule has 218 valence electrons. The second-order valence-corrected chi connectivity index (χ2v) is 10.8. The van der Waals surface area contributed by atoms with Gasteiger partial charge in [0.25, 0.3) is 5.91 Å². The SMILES string of the molecule is O=C(Nc1cc(C#Cc2ccc(NC(=O)C3CC3)nc2)ccn1)c1ccc(CC2CCCCNCC2)c(C(F)(F)F)c1. The van der Waals surface area contributed by atoms with Crippen LogP contribution in [-0.4, -0.2) is 34.9 Å².